The Hall–Kier alpha value is -3.28. The van der Waals surface area contributed by atoms with Gasteiger partial charge in [0.1, 0.15) is 17.5 Å². The number of carbonyl (C=O) groups excluding carboxylic acids is 1. The van der Waals surface area contributed by atoms with Crippen LogP contribution in [0.3, 0.4) is 0 Å². The Bertz CT molecular complexity index is 929. The van der Waals surface area contributed by atoms with Crippen LogP contribution < -0.4 is 10.6 Å². The van der Waals surface area contributed by atoms with Crippen LogP contribution in [0.5, 0.6) is 0 Å². The molecule has 0 unspecified atom stereocenters. The molecule has 2 aromatic carbocycles. The van der Waals surface area contributed by atoms with Gasteiger partial charge in [0.05, 0.1) is 0 Å². The Labute approximate surface area is 162 Å². The van der Waals surface area contributed by atoms with Gasteiger partial charge in [0.15, 0.2) is 0 Å². The molecule has 2 N–H and O–H groups in total. The van der Waals surface area contributed by atoms with Crippen LogP contribution >= 0.6 is 0 Å². The van der Waals surface area contributed by atoms with Gasteiger partial charge in [-0.1, -0.05) is 30.3 Å². The van der Waals surface area contributed by atoms with E-state index in [1.807, 2.05) is 0 Å². The highest BCUT2D eigenvalue weighted by Gasteiger charge is 2.07. The Kier molecular flexibility index (Phi) is 6.68. The molecule has 0 radical (unpaired) electrons. The van der Waals surface area contributed by atoms with E-state index in [2.05, 4.69) is 15.6 Å². The first-order valence-corrected chi connectivity index (χ1v) is 9.08. The van der Waals surface area contributed by atoms with Crippen molar-refractivity contribution in [3.05, 3.63) is 95.2 Å². The number of nitrogens with one attached hydrogen (secondary N) is 2. The molecule has 1 amide bonds. The summed E-state index contributed by atoms with van der Waals surface area (Å²) in [6.45, 7) is 0.951. The van der Waals surface area contributed by atoms with Crippen LogP contribution in [0.2, 0.25) is 0 Å². The van der Waals surface area contributed by atoms with Crippen molar-refractivity contribution < 1.29 is 13.6 Å². The summed E-state index contributed by atoms with van der Waals surface area (Å²) < 4.78 is 26.5. The van der Waals surface area contributed by atoms with E-state index in [0.29, 0.717) is 42.9 Å². The van der Waals surface area contributed by atoms with Crippen molar-refractivity contribution in [2.45, 2.75) is 12.8 Å². The van der Waals surface area contributed by atoms with Crippen molar-refractivity contribution >= 4 is 11.7 Å². The van der Waals surface area contributed by atoms with E-state index in [1.54, 1.807) is 48.7 Å². The number of hydrogen-bond donors (Lipinski definition) is 2. The monoisotopic (exact) mass is 381 g/mol. The lowest BCUT2D eigenvalue weighted by molar-refractivity contribution is 0.0954. The maximum Gasteiger partial charge on any atom is 0.251 e. The molecule has 3 rings (SSSR count). The van der Waals surface area contributed by atoms with Gasteiger partial charge >= 0.3 is 0 Å². The van der Waals surface area contributed by atoms with E-state index < -0.39 is 0 Å². The molecule has 4 nitrogen and oxygen atoms in total. The van der Waals surface area contributed by atoms with E-state index in [1.165, 1.54) is 18.2 Å². The van der Waals surface area contributed by atoms with Crippen molar-refractivity contribution in [2.24, 2.45) is 0 Å². The number of nitrogens with zero attached hydrogens (tertiary/aromatic N) is 1. The number of benzene rings is 2. The minimum Gasteiger partial charge on any atom is -0.370 e. The van der Waals surface area contributed by atoms with Crippen molar-refractivity contribution in [1.29, 1.82) is 0 Å². The van der Waals surface area contributed by atoms with Gasteiger partial charge in [0, 0.05) is 24.8 Å². The van der Waals surface area contributed by atoms with Gasteiger partial charge < -0.3 is 10.6 Å². The largest absolute Gasteiger partial charge is 0.370 e. The zero-order valence-corrected chi connectivity index (χ0v) is 15.3. The molecule has 0 saturated carbocycles. The molecular formula is C22H21F2N3O. The van der Waals surface area contributed by atoms with Crippen LogP contribution in [-0.4, -0.2) is 24.0 Å². The highest BCUT2D eigenvalue weighted by atomic mass is 19.1. The molecule has 3 aromatic rings. The second kappa shape index (κ2) is 9.60. The van der Waals surface area contributed by atoms with Gasteiger partial charge in [-0.2, -0.15) is 0 Å². The zero-order valence-electron chi connectivity index (χ0n) is 15.3. The molecule has 1 heterocycles. The predicted octanol–water partition coefficient (Wildman–Crippen LogP) is 3.99. The fraction of sp³-hybridized carbons (Fsp3) is 0.182. The first-order valence-electron chi connectivity index (χ1n) is 9.08. The average Bonchev–Trinajstić information content (AvgIpc) is 2.71. The third kappa shape index (κ3) is 5.61. The maximum atomic E-state index is 13.6. The predicted molar refractivity (Wildman–Crippen MR) is 105 cm³/mol. The highest BCUT2D eigenvalue weighted by molar-refractivity contribution is 5.94. The van der Waals surface area contributed by atoms with Crippen molar-refractivity contribution in [2.75, 3.05) is 18.4 Å². The van der Waals surface area contributed by atoms with E-state index >= 15 is 0 Å². The highest BCUT2D eigenvalue weighted by Crippen LogP contribution is 2.09. The Balaban J connectivity index is 1.48. The van der Waals surface area contributed by atoms with Crippen LogP contribution in [0.4, 0.5) is 14.6 Å². The Morgan fingerprint density at radius 3 is 2.50 bits per heavy atom. The number of hydrogen-bond acceptors (Lipinski definition) is 3. The first kappa shape index (κ1) is 19.5. The maximum absolute atomic E-state index is 13.6. The summed E-state index contributed by atoms with van der Waals surface area (Å²) in [6, 6.07) is 16.2. The minimum atomic E-state index is -0.270. The van der Waals surface area contributed by atoms with Gasteiger partial charge in [0.2, 0.25) is 0 Å². The number of carbonyl (C=O) groups is 1. The molecule has 0 bridgehead atoms. The molecule has 0 saturated heterocycles. The first-order chi connectivity index (χ1) is 13.6. The van der Waals surface area contributed by atoms with E-state index in [0.717, 1.165) is 5.56 Å². The second-order valence-electron chi connectivity index (χ2n) is 6.33. The number of amides is 1. The fourth-order valence-corrected chi connectivity index (χ4v) is 2.77. The standard InChI is InChI=1S/C22H21F2N3O/c23-19-7-5-16(6-8-19)9-12-25-21-15-18(11-13-26-21)22(28)27-14-10-17-3-1-2-4-20(17)24/h1-8,11,13,15H,9-10,12,14H2,(H,25,26)(H,27,28). The van der Waals surface area contributed by atoms with Gasteiger partial charge in [-0.3, -0.25) is 4.79 Å². The number of aromatic nitrogens is 1. The fourth-order valence-electron chi connectivity index (χ4n) is 2.77. The summed E-state index contributed by atoms with van der Waals surface area (Å²) in [5, 5.41) is 5.95. The van der Waals surface area contributed by atoms with E-state index in [4.69, 9.17) is 0 Å². The van der Waals surface area contributed by atoms with Gasteiger partial charge in [-0.05, 0) is 54.3 Å². The number of halogens is 2. The lowest BCUT2D eigenvalue weighted by Crippen LogP contribution is -2.26. The molecule has 144 valence electrons. The van der Waals surface area contributed by atoms with E-state index in [9.17, 15) is 13.6 Å². The molecule has 0 aliphatic rings. The van der Waals surface area contributed by atoms with Crippen molar-refractivity contribution in [3.63, 3.8) is 0 Å². The van der Waals surface area contributed by atoms with Gasteiger partial charge in [-0.15, -0.1) is 0 Å². The topological polar surface area (TPSA) is 54.0 Å². The second-order valence-corrected chi connectivity index (χ2v) is 6.33. The lowest BCUT2D eigenvalue weighted by atomic mass is 10.1. The normalized spacial score (nSPS) is 10.5. The average molecular weight is 381 g/mol. The van der Waals surface area contributed by atoms with Crippen LogP contribution in [0.15, 0.2) is 66.9 Å². The molecule has 0 atom stereocenters. The van der Waals surface area contributed by atoms with Crippen LogP contribution in [0.1, 0.15) is 21.5 Å². The number of pyridine rings is 1. The van der Waals surface area contributed by atoms with Crippen LogP contribution in [-0.2, 0) is 12.8 Å². The smallest absolute Gasteiger partial charge is 0.251 e. The summed E-state index contributed by atoms with van der Waals surface area (Å²) in [5.74, 6) is -0.176. The molecule has 6 heteroatoms. The molecule has 0 aliphatic heterocycles. The summed E-state index contributed by atoms with van der Waals surface area (Å²) in [7, 11) is 0. The van der Waals surface area contributed by atoms with Crippen molar-refractivity contribution in [3.8, 4) is 0 Å². The molecule has 28 heavy (non-hydrogen) atoms. The van der Waals surface area contributed by atoms with Crippen LogP contribution in [0.25, 0.3) is 0 Å². The lowest BCUT2D eigenvalue weighted by Gasteiger charge is -2.09. The van der Waals surface area contributed by atoms with Gasteiger partial charge in [-0.25, -0.2) is 13.8 Å². The third-order valence-electron chi connectivity index (χ3n) is 4.29. The zero-order chi connectivity index (χ0) is 19.8. The van der Waals surface area contributed by atoms with Crippen molar-refractivity contribution in [1.82, 2.24) is 10.3 Å². The number of rotatable bonds is 8. The Morgan fingerprint density at radius 2 is 1.71 bits per heavy atom. The Morgan fingerprint density at radius 1 is 0.929 bits per heavy atom. The molecule has 1 aromatic heterocycles. The summed E-state index contributed by atoms with van der Waals surface area (Å²) >= 11 is 0. The molecular weight excluding hydrogens is 360 g/mol. The summed E-state index contributed by atoms with van der Waals surface area (Å²) in [6.07, 6.45) is 2.69. The minimum absolute atomic E-state index is 0.236. The summed E-state index contributed by atoms with van der Waals surface area (Å²) in [4.78, 5) is 16.5. The third-order valence-corrected chi connectivity index (χ3v) is 4.29. The molecule has 0 spiro atoms. The summed E-state index contributed by atoms with van der Waals surface area (Å²) in [5.41, 5.74) is 2.06. The van der Waals surface area contributed by atoms with Gasteiger partial charge in [0.25, 0.3) is 5.91 Å². The van der Waals surface area contributed by atoms with E-state index in [-0.39, 0.29) is 17.5 Å². The SMILES string of the molecule is O=C(NCCc1ccccc1F)c1ccnc(NCCc2ccc(F)cc2)c1. The quantitative estimate of drug-likeness (QED) is 0.620. The molecule has 0 fully saturated rings. The number of anilines is 1. The molecule has 0 aliphatic carbocycles. The van der Waals surface area contributed by atoms with Crippen LogP contribution in [0, 0.1) is 11.6 Å².